The van der Waals surface area contributed by atoms with E-state index >= 15 is 0 Å². The van der Waals surface area contributed by atoms with Crippen LogP contribution < -0.4 is 54.4 Å². The fraction of sp³-hybridized carbons (Fsp3) is 0.320. The Morgan fingerprint density at radius 1 is 0.394 bits per heavy atom. The third-order valence-electron chi connectivity index (χ3n) is 22.6. The van der Waals surface area contributed by atoms with Crippen LogP contribution in [0, 0.1) is 54.0 Å². The molecule has 132 heavy (non-hydrogen) atoms. The summed E-state index contributed by atoms with van der Waals surface area (Å²) in [6.45, 7) is 10.6. The van der Waals surface area contributed by atoms with Gasteiger partial charge in [0.1, 0.15) is 11.4 Å². The van der Waals surface area contributed by atoms with Crippen LogP contribution in [0.15, 0.2) is 200 Å². The van der Waals surface area contributed by atoms with E-state index in [2.05, 4.69) is 37.2 Å². The summed E-state index contributed by atoms with van der Waals surface area (Å²) in [6, 6.07) is 57.1. The summed E-state index contributed by atoms with van der Waals surface area (Å²) < 4.78 is 3.62. The number of hydrogen-bond acceptors (Lipinski definition) is 20. The Morgan fingerprint density at radius 2 is 0.735 bits per heavy atom. The Morgan fingerprint density at radius 3 is 1.11 bits per heavy atom. The number of carbonyl (C=O) groups excluding carboxylic acids is 10. The average molecular weight is 1800 g/mol. The Labute approximate surface area is 760 Å². The van der Waals surface area contributed by atoms with Gasteiger partial charge in [0.15, 0.2) is 0 Å². The minimum Gasteiger partial charge on any atom is -0.366 e. The lowest BCUT2D eigenvalue weighted by Gasteiger charge is -2.23. The van der Waals surface area contributed by atoms with Crippen LogP contribution >= 0.6 is 0 Å². The van der Waals surface area contributed by atoms with Crippen molar-refractivity contribution in [3.63, 3.8) is 0 Å². The molecule has 11 aromatic rings. The second-order valence-corrected chi connectivity index (χ2v) is 32.7. The molecule has 35 heteroatoms. The van der Waals surface area contributed by atoms with Gasteiger partial charge in [-0.05, 0) is 218 Å². The highest BCUT2D eigenvalue weighted by Crippen LogP contribution is 2.37. The number of nitro groups is 3. The molecule has 2 heterocycles. The van der Waals surface area contributed by atoms with Gasteiger partial charge in [0.25, 0.3) is 46.6 Å². The maximum Gasteiger partial charge on any atom is 0.275 e. The van der Waals surface area contributed by atoms with Crippen molar-refractivity contribution in [2.75, 3.05) is 65.4 Å². The first-order valence-electron chi connectivity index (χ1n) is 44.1. The highest BCUT2D eigenvalue weighted by atomic mass is 16.6. The number of primary amides is 2. The predicted molar refractivity (Wildman–Crippen MR) is 497 cm³/mol. The number of benzene rings is 9. The first-order chi connectivity index (χ1) is 63.7. The van der Waals surface area contributed by atoms with E-state index in [1.54, 1.807) is 125 Å². The van der Waals surface area contributed by atoms with E-state index in [1.165, 1.54) is 56.0 Å². The zero-order valence-corrected chi connectivity index (χ0v) is 73.6. The largest absolute Gasteiger partial charge is 0.366 e. The number of amides is 10. The molecule has 0 atom stereocenters. The van der Waals surface area contributed by atoms with Crippen LogP contribution in [0.5, 0.6) is 0 Å². The number of fused-ring (bicyclic) bond motifs is 2. The number of hydrogen-bond donors (Lipinski definition) is 10. The third kappa shape index (κ3) is 26.5. The van der Waals surface area contributed by atoms with E-state index < -0.39 is 32.5 Å². The maximum atomic E-state index is 13.3. The first-order valence-corrected chi connectivity index (χ1v) is 44.1. The van der Waals surface area contributed by atoms with E-state index in [4.69, 9.17) is 27.4 Å². The Kier molecular flexibility index (Phi) is 33.1. The second kappa shape index (κ2) is 45.6. The molecule has 0 saturated heterocycles. The number of carbonyl (C=O) groups is 10. The molecule has 15 rings (SSSR count). The first kappa shape index (κ1) is 95.8. The fourth-order valence-electron chi connectivity index (χ4n) is 14.6. The normalized spacial score (nSPS) is 12.9. The molecule has 4 saturated carbocycles. The zero-order chi connectivity index (χ0) is 94.1. The maximum absolute atomic E-state index is 13.3. The molecule has 35 nitrogen and oxygen atoms in total. The molecule has 10 amide bonds. The van der Waals surface area contributed by atoms with Crippen molar-refractivity contribution in [2.24, 2.45) is 40.9 Å². The molecule has 0 radical (unpaired) electrons. The van der Waals surface area contributed by atoms with Crippen molar-refractivity contribution in [1.29, 1.82) is 0 Å². The molecule has 686 valence electrons. The second-order valence-electron chi connectivity index (χ2n) is 32.7. The Bertz CT molecular complexity index is 6060. The third-order valence-corrected chi connectivity index (χ3v) is 22.6. The van der Waals surface area contributed by atoms with Crippen LogP contribution in [0.2, 0.25) is 0 Å². The van der Waals surface area contributed by atoms with Crippen LogP contribution in [-0.2, 0) is 34.0 Å². The van der Waals surface area contributed by atoms with Crippen molar-refractivity contribution in [3.05, 3.63) is 286 Å². The summed E-state index contributed by atoms with van der Waals surface area (Å²) in [7, 11) is 0. The number of aromatic nitrogens is 4. The highest BCUT2D eigenvalue weighted by Gasteiger charge is 2.32. The van der Waals surface area contributed by atoms with E-state index in [-0.39, 0.29) is 115 Å². The van der Waals surface area contributed by atoms with Crippen LogP contribution in [0.25, 0.3) is 55.7 Å². The van der Waals surface area contributed by atoms with Gasteiger partial charge in [-0.15, -0.1) is 0 Å². The number of para-hydroxylation sites is 2. The minimum atomic E-state index is -0.539. The van der Waals surface area contributed by atoms with Crippen LogP contribution in [0.1, 0.15) is 181 Å². The SMILES string of the molecule is CCNC(=O)c1ccc(CN(CC2CC2)C(=O)CCN)c([N+](=O)[O-])c1.CCNC(=O)c1ccc(CN(CC2CC2)C(=O)CCNC(=O)c2ccc(-n3nc(-c4ccc(C(N)=O)cc4)c4ccccc43)cc2)c([N+](=O)[O-])c1.CCNC(=O)c1ccc(CNCC2CC2)c([N+](=O)[O-])c1.NC(=O)c1ccc(-c2nn(-c3ccc(C(=O)NCCC(=O)NCC4CC4)cc3)c3ccccc23)cc1. The molecular weight excluding hydrogens is 1690 g/mol. The van der Waals surface area contributed by atoms with Crippen molar-refractivity contribution in [2.45, 2.75) is 111 Å². The smallest absolute Gasteiger partial charge is 0.275 e. The molecule has 9 aromatic carbocycles. The van der Waals surface area contributed by atoms with Crippen LogP contribution in [-0.4, -0.2) is 169 Å². The molecule has 2 aromatic heterocycles. The van der Waals surface area contributed by atoms with E-state index in [0.717, 1.165) is 100 Å². The molecule has 4 fully saturated rings. The summed E-state index contributed by atoms with van der Waals surface area (Å²) in [5, 5.41) is 65.6. The van der Waals surface area contributed by atoms with Gasteiger partial charge in [0, 0.05) is 180 Å². The molecule has 0 aliphatic heterocycles. The number of rotatable bonds is 39. The van der Waals surface area contributed by atoms with Crippen LogP contribution in [0.3, 0.4) is 0 Å². The number of nitrogens with one attached hydrogen (secondary N) is 7. The summed E-state index contributed by atoms with van der Waals surface area (Å²) in [4.78, 5) is 158. The van der Waals surface area contributed by atoms with Crippen molar-refractivity contribution in [3.8, 4) is 33.9 Å². The van der Waals surface area contributed by atoms with E-state index in [1.807, 2.05) is 84.4 Å². The molecule has 0 spiro atoms. The van der Waals surface area contributed by atoms with E-state index in [9.17, 15) is 78.3 Å². The lowest BCUT2D eigenvalue weighted by atomic mass is 10.1. The molecule has 0 unspecified atom stereocenters. The van der Waals surface area contributed by atoms with Crippen LogP contribution in [0.4, 0.5) is 17.1 Å². The minimum absolute atomic E-state index is 0.00273. The van der Waals surface area contributed by atoms with Gasteiger partial charge in [0.2, 0.25) is 29.5 Å². The molecule has 13 N–H and O–H groups in total. The van der Waals surface area contributed by atoms with Gasteiger partial charge in [-0.3, -0.25) is 78.3 Å². The average Bonchev–Trinajstić information content (AvgIpc) is 1.62. The molecular formula is C97H107N19O16. The van der Waals surface area contributed by atoms with Gasteiger partial charge >= 0.3 is 0 Å². The lowest BCUT2D eigenvalue weighted by molar-refractivity contribution is -0.385. The van der Waals surface area contributed by atoms with Gasteiger partial charge in [-0.2, -0.15) is 10.2 Å². The summed E-state index contributed by atoms with van der Waals surface area (Å²) >= 11 is 0. The van der Waals surface area contributed by atoms with Gasteiger partial charge in [-0.25, -0.2) is 9.36 Å². The van der Waals surface area contributed by atoms with Crippen molar-refractivity contribution >= 4 is 97.9 Å². The summed E-state index contributed by atoms with van der Waals surface area (Å²) in [6.07, 6.45) is 9.47. The Balaban J connectivity index is 0.000000169. The van der Waals surface area contributed by atoms with Crippen molar-refractivity contribution in [1.82, 2.24) is 66.6 Å². The fourth-order valence-corrected chi connectivity index (χ4v) is 14.6. The number of nitrogens with two attached hydrogens (primary N) is 3. The van der Waals surface area contributed by atoms with Gasteiger partial charge < -0.3 is 64.2 Å². The van der Waals surface area contributed by atoms with Crippen molar-refractivity contribution < 1.29 is 62.7 Å². The highest BCUT2D eigenvalue weighted by molar-refractivity contribution is 6.01. The number of nitro benzene ring substituents is 3. The predicted octanol–water partition coefficient (Wildman–Crippen LogP) is 11.7. The topological polar surface area (TPSA) is 505 Å². The quantitative estimate of drug-likeness (QED) is 0.0126. The lowest BCUT2D eigenvalue weighted by Crippen LogP contribution is -2.35. The monoisotopic (exact) mass is 1790 g/mol. The Hall–Kier alpha value is -15.3. The molecule has 4 aliphatic rings. The molecule has 0 bridgehead atoms. The van der Waals surface area contributed by atoms with E-state index in [0.29, 0.717) is 108 Å². The van der Waals surface area contributed by atoms with Gasteiger partial charge in [-0.1, -0.05) is 66.7 Å². The number of nitrogens with zero attached hydrogens (tertiary/aromatic N) is 9. The molecule has 4 aliphatic carbocycles. The van der Waals surface area contributed by atoms with Gasteiger partial charge in [0.05, 0.1) is 50.3 Å². The standard InChI is InChI=1S/C38H37N7O6.C28H27N5O3.C17H24N4O4.C14H19N3O3/c1-2-40-38(49)28-13-14-29(33(21-28)45(50)51)23-43(22-24-7-8-24)34(46)19-20-41-37(48)27-15-17-30(18-16-27)44-32-6-4-3-5-31(32)35(42-44)25-9-11-26(12-10-25)36(39)47;29-27(35)20-9-7-19(8-10-20)26-23-3-1-2-4-24(23)33(32-26)22-13-11-21(12-14-22)28(36)30-16-15-25(34)31-17-18-5-6-18;1-2-19-17(23)13-5-6-14(15(9-13)21(24)25)11-20(10-12-3-4-12)16(22)7-8-18;1-2-16-14(18)11-5-6-12(13(7-11)17(19)20)9-15-8-10-3-4-10/h3-6,9-18,21,24H,2,7-8,19-20,22-23H2,1H3,(H2,39,47)(H,40,49)(H,41,48);1-4,7-14,18H,5-6,15-17H2,(H2,29,35)(H,30,36)(H,31,34);5-6,9,12H,2-4,7-8,10-11,18H2,1H3,(H,19,23);5-7,10,15H,2-4,8-9H2,1H3,(H,16,18). The zero-order valence-electron chi connectivity index (χ0n) is 73.6. The summed E-state index contributed by atoms with van der Waals surface area (Å²) in [5.74, 6) is -0.806. The summed E-state index contributed by atoms with van der Waals surface area (Å²) in [5.41, 5.74) is 26.3.